The van der Waals surface area contributed by atoms with Crippen molar-refractivity contribution in [3.8, 4) is 23.6 Å². The Labute approximate surface area is 176 Å². The molecule has 0 atom stereocenters. The summed E-state index contributed by atoms with van der Waals surface area (Å²) in [5, 5.41) is 12.8. The summed E-state index contributed by atoms with van der Waals surface area (Å²) >= 11 is 15.3. The van der Waals surface area contributed by atoms with Gasteiger partial charge in [-0.15, -0.1) is 0 Å². The fraction of sp³-hybridized carbons (Fsp3) is 0.0526. The molecular weight excluding hydrogens is 478 g/mol. The van der Waals surface area contributed by atoms with Crippen LogP contribution in [-0.2, 0) is 6.18 Å². The number of nitriles is 1. The van der Waals surface area contributed by atoms with E-state index in [0.29, 0.717) is 5.56 Å². The summed E-state index contributed by atoms with van der Waals surface area (Å²) in [4.78, 5) is 0. The van der Waals surface area contributed by atoms with Crippen LogP contribution in [0.2, 0.25) is 10.0 Å². The van der Waals surface area contributed by atoms with Gasteiger partial charge in [-0.3, -0.25) is 0 Å². The smallest absolute Gasteiger partial charge is 0.235 e. The molecule has 3 nitrogen and oxygen atoms in total. The molecule has 0 spiro atoms. The molecule has 3 rings (SSSR count). The number of nitrogens with zero attached hydrogens (tertiary/aromatic N) is 3. The summed E-state index contributed by atoms with van der Waals surface area (Å²) in [5.41, 5.74) is 0.0539. The number of aromatic nitrogens is 2. The molecule has 0 aliphatic heterocycles. The standard InChI is InChI=1S/C19H7BrCl2F3N3/c20-14-5-2-11(3-6-14)1-4-12-10-28(27-17(12)9-26)18-15(21)7-13(8-16(18)22)19(23,24)25/h2-3,5-8,10H. The zero-order valence-electron chi connectivity index (χ0n) is 13.7. The zero-order valence-corrected chi connectivity index (χ0v) is 16.7. The lowest BCUT2D eigenvalue weighted by Gasteiger charge is -2.12. The van der Waals surface area contributed by atoms with E-state index in [4.69, 9.17) is 23.2 Å². The van der Waals surface area contributed by atoms with E-state index >= 15 is 0 Å². The summed E-state index contributed by atoms with van der Waals surface area (Å²) in [6.45, 7) is 0. The van der Waals surface area contributed by atoms with Crippen LogP contribution in [0.4, 0.5) is 13.2 Å². The first-order chi connectivity index (χ1) is 13.2. The number of hydrogen-bond acceptors (Lipinski definition) is 2. The van der Waals surface area contributed by atoms with Crippen molar-refractivity contribution in [1.29, 1.82) is 5.26 Å². The molecule has 0 radical (unpaired) electrons. The number of hydrogen-bond donors (Lipinski definition) is 0. The van der Waals surface area contributed by atoms with Crippen LogP contribution in [0.25, 0.3) is 5.69 Å². The van der Waals surface area contributed by atoms with E-state index in [9.17, 15) is 18.4 Å². The molecular formula is C19H7BrCl2F3N3. The highest BCUT2D eigenvalue weighted by Gasteiger charge is 2.32. The van der Waals surface area contributed by atoms with Crippen molar-refractivity contribution in [2.75, 3.05) is 0 Å². The molecule has 0 amide bonds. The van der Waals surface area contributed by atoms with E-state index in [1.165, 1.54) is 6.20 Å². The van der Waals surface area contributed by atoms with Gasteiger partial charge in [0.1, 0.15) is 11.8 Å². The summed E-state index contributed by atoms with van der Waals surface area (Å²) < 4.78 is 40.7. The monoisotopic (exact) mass is 483 g/mol. The van der Waals surface area contributed by atoms with Crippen molar-refractivity contribution in [2.45, 2.75) is 6.18 Å². The second-order valence-corrected chi connectivity index (χ2v) is 7.22. The number of alkyl halides is 3. The molecule has 2 aromatic carbocycles. The van der Waals surface area contributed by atoms with Crippen LogP contribution < -0.4 is 0 Å². The maximum absolute atomic E-state index is 12.9. The molecule has 3 aromatic rings. The zero-order chi connectivity index (χ0) is 20.5. The first-order valence-corrected chi connectivity index (χ1v) is 9.08. The largest absolute Gasteiger partial charge is 0.416 e. The predicted molar refractivity (Wildman–Crippen MR) is 103 cm³/mol. The van der Waals surface area contributed by atoms with Gasteiger partial charge in [0.15, 0.2) is 5.69 Å². The van der Waals surface area contributed by atoms with Gasteiger partial charge >= 0.3 is 6.18 Å². The highest BCUT2D eigenvalue weighted by Crippen LogP contribution is 2.37. The van der Waals surface area contributed by atoms with Crippen LogP contribution in [0.1, 0.15) is 22.4 Å². The van der Waals surface area contributed by atoms with Crippen LogP contribution in [0, 0.1) is 23.2 Å². The van der Waals surface area contributed by atoms with Gasteiger partial charge in [0.2, 0.25) is 0 Å². The topological polar surface area (TPSA) is 41.6 Å². The lowest BCUT2D eigenvalue weighted by Crippen LogP contribution is -2.07. The highest BCUT2D eigenvalue weighted by atomic mass is 79.9. The lowest BCUT2D eigenvalue weighted by molar-refractivity contribution is -0.137. The number of benzene rings is 2. The van der Waals surface area contributed by atoms with Crippen molar-refractivity contribution in [3.63, 3.8) is 0 Å². The Balaban J connectivity index is 2.04. The van der Waals surface area contributed by atoms with Crippen molar-refractivity contribution in [3.05, 3.63) is 79.5 Å². The maximum Gasteiger partial charge on any atom is 0.416 e. The molecule has 1 aromatic heterocycles. The Morgan fingerprint density at radius 3 is 2.18 bits per heavy atom. The summed E-state index contributed by atoms with van der Waals surface area (Å²) in [6, 6.07) is 10.6. The first kappa shape index (κ1) is 20.3. The van der Waals surface area contributed by atoms with Gasteiger partial charge < -0.3 is 0 Å². The molecule has 0 saturated heterocycles. The molecule has 0 aliphatic carbocycles. The van der Waals surface area contributed by atoms with Crippen LogP contribution in [0.15, 0.2) is 47.1 Å². The number of halogens is 6. The third-order valence-corrected chi connectivity index (χ3v) is 4.68. The minimum atomic E-state index is -4.59. The fourth-order valence-electron chi connectivity index (χ4n) is 2.28. The molecule has 0 aliphatic rings. The maximum atomic E-state index is 12.9. The summed E-state index contributed by atoms with van der Waals surface area (Å²) in [6.07, 6.45) is -3.19. The van der Waals surface area contributed by atoms with E-state index in [1.807, 2.05) is 18.2 Å². The highest BCUT2D eigenvalue weighted by molar-refractivity contribution is 9.10. The van der Waals surface area contributed by atoms with Crippen molar-refractivity contribution < 1.29 is 13.2 Å². The quantitative estimate of drug-likeness (QED) is 0.384. The van der Waals surface area contributed by atoms with Crippen LogP contribution >= 0.6 is 39.1 Å². The van der Waals surface area contributed by atoms with Gasteiger partial charge in [-0.25, -0.2) is 4.68 Å². The average Bonchev–Trinajstić information content (AvgIpc) is 3.02. The van der Waals surface area contributed by atoms with E-state index < -0.39 is 11.7 Å². The predicted octanol–water partition coefficient (Wildman–Crippen LogP) is 6.23. The van der Waals surface area contributed by atoms with Crippen LogP contribution in [0.3, 0.4) is 0 Å². The Kier molecular flexibility index (Phi) is 5.71. The van der Waals surface area contributed by atoms with E-state index in [-0.39, 0.29) is 27.0 Å². The van der Waals surface area contributed by atoms with Gasteiger partial charge in [0, 0.05) is 16.2 Å². The Morgan fingerprint density at radius 1 is 1.04 bits per heavy atom. The molecule has 0 fully saturated rings. The summed E-state index contributed by atoms with van der Waals surface area (Å²) in [5.74, 6) is 5.72. The van der Waals surface area contributed by atoms with Gasteiger partial charge in [-0.2, -0.15) is 23.5 Å². The molecule has 1 heterocycles. The van der Waals surface area contributed by atoms with Crippen molar-refractivity contribution >= 4 is 39.1 Å². The third-order valence-electron chi connectivity index (χ3n) is 3.58. The molecule has 0 N–H and O–H groups in total. The van der Waals surface area contributed by atoms with Gasteiger partial charge in [-0.05, 0) is 36.4 Å². The fourth-order valence-corrected chi connectivity index (χ4v) is 3.21. The number of rotatable bonds is 1. The molecule has 9 heteroatoms. The normalized spacial score (nSPS) is 10.9. The Morgan fingerprint density at radius 2 is 1.64 bits per heavy atom. The summed E-state index contributed by atoms with van der Waals surface area (Å²) in [7, 11) is 0. The van der Waals surface area contributed by atoms with Gasteiger partial charge in [0.05, 0.1) is 21.2 Å². The van der Waals surface area contributed by atoms with E-state index in [2.05, 4.69) is 32.9 Å². The van der Waals surface area contributed by atoms with Gasteiger partial charge in [0.25, 0.3) is 0 Å². The van der Waals surface area contributed by atoms with Crippen molar-refractivity contribution in [2.24, 2.45) is 0 Å². The minimum Gasteiger partial charge on any atom is -0.235 e. The van der Waals surface area contributed by atoms with E-state index in [0.717, 1.165) is 21.3 Å². The van der Waals surface area contributed by atoms with Crippen LogP contribution in [0.5, 0.6) is 0 Å². The SMILES string of the molecule is N#Cc1nn(-c2c(Cl)cc(C(F)(F)F)cc2Cl)cc1C#Cc1ccc(Br)cc1. The van der Waals surface area contributed by atoms with Crippen molar-refractivity contribution in [1.82, 2.24) is 9.78 Å². The molecule has 0 unspecified atom stereocenters. The Hall–Kier alpha value is -2.45. The molecule has 140 valence electrons. The second-order valence-electron chi connectivity index (χ2n) is 5.49. The second kappa shape index (κ2) is 7.89. The molecule has 0 bridgehead atoms. The third kappa shape index (κ3) is 4.34. The van der Waals surface area contributed by atoms with Crippen LogP contribution in [-0.4, -0.2) is 9.78 Å². The lowest BCUT2D eigenvalue weighted by atomic mass is 10.2. The molecule has 0 saturated carbocycles. The minimum absolute atomic E-state index is 0.00311. The Bertz CT molecular complexity index is 1130. The van der Waals surface area contributed by atoms with E-state index in [1.54, 1.807) is 12.1 Å². The van der Waals surface area contributed by atoms with Gasteiger partial charge in [-0.1, -0.05) is 51.0 Å². The first-order valence-electron chi connectivity index (χ1n) is 7.53. The molecule has 28 heavy (non-hydrogen) atoms. The average molecular weight is 485 g/mol.